The molecule has 0 heterocycles. The molecule has 0 radical (unpaired) electrons. The normalized spacial score (nSPS) is 13.1. The second-order valence-electron chi connectivity index (χ2n) is 4.55. The predicted octanol–water partition coefficient (Wildman–Crippen LogP) is 1.92. The largest absolute Gasteiger partial charge is 0.469 e. The van der Waals surface area contributed by atoms with Gasteiger partial charge >= 0.3 is 11.9 Å². The maximum Gasteiger partial charge on any atom is 0.309 e. The van der Waals surface area contributed by atoms with Crippen LogP contribution < -0.4 is 0 Å². The van der Waals surface area contributed by atoms with Gasteiger partial charge in [0, 0.05) is 6.42 Å². The van der Waals surface area contributed by atoms with Crippen molar-refractivity contribution >= 4 is 11.9 Å². The molecule has 0 rings (SSSR count). The molecule has 0 spiro atoms. The lowest BCUT2D eigenvalue weighted by Gasteiger charge is -2.22. The summed E-state index contributed by atoms with van der Waals surface area (Å²) in [7, 11) is 1.33. The van der Waals surface area contributed by atoms with Crippen molar-refractivity contribution in [3.8, 4) is 0 Å². The van der Waals surface area contributed by atoms with Crippen molar-refractivity contribution in [1.29, 1.82) is 0 Å². The highest BCUT2D eigenvalue weighted by atomic mass is 16.6. The lowest BCUT2D eigenvalue weighted by molar-refractivity contribution is -0.159. The Bertz CT molecular complexity index is 227. The van der Waals surface area contributed by atoms with Gasteiger partial charge in [0.1, 0.15) is 5.60 Å². The fourth-order valence-electron chi connectivity index (χ4n) is 0.957. The highest BCUT2D eigenvalue weighted by Gasteiger charge is 2.22. The fraction of sp³-hybridized carbons (Fsp3) is 0.818. The summed E-state index contributed by atoms with van der Waals surface area (Å²) >= 11 is 0. The molecule has 4 heteroatoms. The molecule has 0 saturated carbocycles. The zero-order valence-electron chi connectivity index (χ0n) is 10.1. The molecule has 0 aromatic carbocycles. The molecule has 88 valence electrons. The van der Waals surface area contributed by atoms with Crippen molar-refractivity contribution in [2.45, 2.75) is 46.1 Å². The number of rotatable bonds is 4. The molecule has 0 bridgehead atoms. The third-order valence-corrected chi connectivity index (χ3v) is 1.82. The maximum absolute atomic E-state index is 11.5. The summed E-state index contributed by atoms with van der Waals surface area (Å²) in [6, 6.07) is 0. The minimum absolute atomic E-state index is 0.247. The topological polar surface area (TPSA) is 52.6 Å². The number of methoxy groups -OCH3 is 1. The Hall–Kier alpha value is -1.06. The van der Waals surface area contributed by atoms with Crippen LogP contribution in [0.4, 0.5) is 0 Å². The molecular weight excluding hydrogens is 196 g/mol. The Morgan fingerprint density at radius 1 is 1.27 bits per heavy atom. The predicted molar refractivity (Wildman–Crippen MR) is 56.3 cm³/mol. The first-order valence-electron chi connectivity index (χ1n) is 5.06. The molecular formula is C11H20O4. The summed E-state index contributed by atoms with van der Waals surface area (Å²) in [6.07, 6.45) is 0.707. The molecule has 0 N–H and O–H groups in total. The van der Waals surface area contributed by atoms with Crippen LogP contribution >= 0.6 is 0 Å². The van der Waals surface area contributed by atoms with Gasteiger partial charge in [-0.15, -0.1) is 0 Å². The third-order valence-electron chi connectivity index (χ3n) is 1.82. The van der Waals surface area contributed by atoms with Crippen LogP contribution in [0.5, 0.6) is 0 Å². The number of ether oxygens (including phenoxy) is 2. The van der Waals surface area contributed by atoms with Crippen molar-refractivity contribution in [3.63, 3.8) is 0 Å². The van der Waals surface area contributed by atoms with Gasteiger partial charge in [0.25, 0.3) is 0 Å². The molecule has 0 aromatic heterocycles. The van der Waals surface area contributed by atoms with Gasteiger partial charge in [-0.1, -0.05) is 6.92 Å². The van der Waals surface area contributed by atoms with Gasteiger partial charge in [-0.05, 0) is 27.2 Å². The van der Waals surface area contributed by atoms with Crippen molar-refractivity contribution < 1.29 is 19.1 Å². The number of esters is 2. The van der Waals surface area contributed by atoms with E-state index >= 15 is 0 Å². The minimum Gasteiger partial charge on any atom is -0.469 e. The lowest BCUT2D eigenvalue weighted by atomic mass is 10.1. The highest BCUT2D eigenvalue weighted by molar-refractivity contribution is 5.74. The Kier molecular flexibility index (Phi) is 5.33. The first kappa shape index (κ1) is 13.9. The van der Waals surface area contributed by atoms with E-state index in [2.05, 4.69) is 4.74 Å². The fourth-order valence-corrected chi connectivity index (χ4v) is 0.957. The summed E-state index contributed by atoms with van der Waals surface area (Å²) in [6.45, 7) is 7.20. The average Bonchev–Trinajstić information content (AvgIpc) is 2.10. The molecule has 4 nitrogen and oxygen atoms in total. The lowest BCUT2D eigenvalue weighted by Crippen LogP contribution is -2.27. The molecule has 0 aliphatic heterocycles. The summed E-state index contributed by atoms with van der Waals surface area (Å²) in [5.74, 6) is -0.847. The van der Waals surface area contributed by atoms with Gasteiger partial charge in [0.05, 0.1) is 13.0 Å². The quantitative estimate of drug-likeness (QED) is 0.674. The van der Waals surface area contributed by atoms with Crippen molar-refractivity contribution in [3.05, 3.63) is 0 Å². The summed E-state index contributed by atoms with van der Waals surface area (Å²) in [5.41, 5.74) is -0.476. The van der Waals surface area contributed by atoms with Gasteiger partial charge in [-0.3, -0.25) is 9.59 Å². The highest BCUT2D eigenvalue weighted by Crippen LogP contribution is 2.14. The van der Waals surface area contributed by atoms with E-state index in [1.54, 1.807) is 6.92 Å². The van der Waals surface area contributed by atoms with Crippen LogP contribution in [-0.2, 0) is 19.1 Å². The van der Waals surface area contributed by atoms with E-state index in [0.29, 0.717) is 6.42 Å². The Balaban J connectivity index is 3.95. The van der Waals surface area contributed by atoms with Crippen molar-refractivity contribution in [1.82, 2.24) is 0 Å². The molecule has 1 atom stereocenters. The maximum atomic E-state index is 11.5. The first-order valence-corrected chi connectivity index (χ1v) is 5.06. The van der Waals surface area contributed by atoms with E-state index in [9.17, 15) is 9.59 Å². The van der Waals surface area contributed by atoms with Crippen molar-refractivity contribution in [2.75, 3.05) is 7.11 Å². The van der Waals surface area contributed by atoms with Gasteiger partial charge < -0.3 is 9.47 Å². The van der Waals surface area contributed by atoms with Crippen LogP contribution in [0.25, 0.3) is 0 Å². The third kappa shape index (κ3) is 6.94. The van der Waals surface area contributed by atoms with E-state index in [1.807, 2.05) is 20.8 Å². The zero-order chi connectivity index (χ0) is 12.1. The monoisotopic (exact) mass is 216 g/mol. The zero-order valence-corrected chi connectivity index (χ0v) is 10.1. The Morgan fingerprint density at radius 2 is 1.80 bits per heavy atom. The Labute approximate surface area is 90.9 Å². The molecule has 0 aliphatic rings. The standard InChI is InChI=1S/C11H20O4/c1-8(6-7-9(12)14-5)10(13)15-11(2,3)4/h8H,6-7H2,1-5H3. The van der Waals surface area contributed by atoms with E-state index in [1.165, 1.54) is 7.11 Å². The molecule has 0 aliphatic carbocycles. The number of hydrogen-bond donors (Lipinski definition) is 0. The van der Waals surface area contributed by atoms with Crippen molar-refractivity contribution in [2.24, 2.45) is 5.92 Å². The van der Waals surface area contributed by atoms with Gasteiger partial charge in [0.15, 0.2) is 0 Å². The second kappa shape index (κ2) is 5.73. The second-order valence-corrected chi connectivity index (χ2v) is 4.55. The molecule has 0 amide bonds. The van der Waals surface area contributed by atoms with Gasteiger partial charge in [-0.2, -0.15) is 0 Å². The molecule has 0 aromatic rings. The molecule has 15 heavy (non-hydrogen) atoms. The SMILES string of the molecule is COC(=O)CCC(C)C(=O)OC(C)(C)C. The van der Waals surface area contributed by atoms with Crippen LogP contribution in [-0.4, -0.2) is 24.6 Å². The van der Waals surface area contributed by atoms with Crippen LogP contribution in [0.15, 0.2) is 0 Å². The van der Waals surface area contributed by atoms with E-state index in [-0.39, 0.29) is 24.3 Å². The minimum atomic E-state index is -0.476. The van der Waals surface area contributed by atoms with Crippen LogP contribution in [0.1, 0.15) is 40.5 Å². The number of carbonyl (C=O) groups is 2. The smallest absolute Gasteiger partial charge is 0.309 e. The van der Waals surface area contributed by atoms with E-state index in [4.69, 9.17) is 4.74 Å². The van der Waals surface area contributed by atoms with Gasteiger partial charge in [-0.25, -0.2) is 0 Å². The average molecular weight is 216 g/mol. The van der Waals surface area contributed by atoms with Gasteiger partial charge in [0.2, 0.25) is 0 Å². The van der Waals surface area contributed by atoms with Crippen LogP contribution in [0, 0.1) is 5.92 Å². The number of carbonyl (C=O) groups excluding carboxylic acids is 2. The van der Waals surface area contributed by atoms with Crippen LogP contribution in [0.3, 0.4) is 0 Å². The number of hydrogen-bond acceptors (Lipinski definition) is 4. The molecule has 0 saturated heterocycles. The summed E-state index contributed by atoms with van der Waals surface area (Å²) in [4.78, 5) is 22.3. The van der Waals surface area contributed by atoms with Crippen LogP contribution in [0.2, 0.25) is 0 Å². The summed E-state index contributed by atoms with van der Waals surface area (Å²) in [5, 5.41) is 0. The first-order chi connectivity index (χ1) is 6.76. The Morgan fingerprint density at radius 3 is 2.20 bits per heavy atom. The van der Waals surface area contributed by atoms with E-state index < -0.39 is 5.60 Å². The molecule has 0 fully saturated rings. The van der Waals surface area contributed by atoms with E-state index in [0.717, 1.165) is 0 Å². The molecule has 1 unspecified atom stereocenters. The summed E-state index contributed by atoms with van der Waals surface area (Å²) < 4.78 is 9.66.